The fourth-order valence-electron chi connectivity index (χ4n) is 1.40. The van der Waals surface area contributed by atoms with E-state index in [0.717, 1.165) is 24.2 Å². The highest BCUT2D eigenvalue weighted by molar-refractivity contribution is 5.85. The van der Waals surface area contributed by atoms with E-state index >= 15 is 0 Å². The second kappa shape index (κ2) is 5.66. The Bertz CT molecular complexity index is 383. The van der Waals surface area contributed by atoms with Gasteiger partial charge in [-0.05, 0) is 39.3 Å². The minimum absolute atomic E-state index is 0.442. The molecule has 0 fully saturated rings. The normalized spacial score (nSPS) is 11.1. The Hall–Kier alpha value is -1.58. The predicted molar refractivity (Wildman–Crippen MR) is 68.1 cm³/mol. The number of carbonyl (C=O) groups is 1. The van der Waals surface area contributed by atoms with E-state index < -0.39 is 11.7 Å². The zero-order chi connectivity index (χ0) is 12.9. The number of amides is 1. The van der Waals surface area contributed by atoms with Gasteiger partial charge < -0.3 is 4.74 Å². The van der Waals surface area contributed by atoms with Gasteiger partial charge in [-0.3, -0.25) is 10.3 Å². The van der Waals surface area contributed by atoms with E-state index in [2.05, 4.69) is 17.2 Å². The van der Waals surface area contributed by atoms with Crippen LogP contribution in [-0.2, 0) is 11.2 Å². The largest absolute Gasteiger partial charge is 0.444 e. The molecule has 0 aliphatic heterocycles. The number of anilines is 1. The zero-order valence-corrected chi connectivity index (χ0v) is 10.9. The highest BCUT2D eigenvalue weighted by Crippen LogP contribution is 2.16. The van der Waals surface area contributed by atoms with Gasteiger partial charge in [0.15, 0.2) is 0 Å². The fourth-order valence-corrected chi connectivity index (χ4v) is 1.40. The van der Waals surface area contributed by atoms with Gasteiger partial charge in [-0.25, -0.2) is 4.79 Å². The van der Waals surface area contributed by atoms with Crippen molar-refractivity contribution in [3.63, 3.8) is 0 Å². The second-order valence-corrected chi connectivity index (χ2v) is 4.87. The molecule has 0 aliphatic rings. The molecule has 1 N–H and O–H groups in total. The smallest absolute Gasteiger partial charge is 0.412 e. The molecule has 0 radical (unpaired) electrons. The summed E-state index contributed by atoms with van der Waals surface area (Å²) in [4.78, 5) is 15.9. The highest BCUT2D eigenvalue weighted by atomic mass is 16.6. The van der Waals surface area contributed by atoms with Crippen molar-refractivity contribution in [2.75, 3.05) is 5.32 Å². The first-order valence-corrected chi connectivity index (χ1v) is 5.86. The van der Waals surface area contributed by atoms with E-state index in [1.807, 2.05) is 26.8 Å². The molecule has 17 heavy (non-hydrogen) atoms. The number of ether oxygens (including phenoxy) is 1. The van der Waals surface area contributed by atoms with Crippen LogP contribution in [0.2, 0.25) is 0 Å². The molecule has 1 heterocycles. The molecular weight excluding hydrogens is 216 g/mol. The molecule has 0 aromatic carbocycles. The molecule has 0 unspecified atom stereocenters. The van der Waals surface area contributed by atoms with Crippen molar-refractivity contribution >= 4 is 11.8 Å². The topological polar surface area (TPSA) is 51.2 Å². The minimum Gasteiger partial charge on any atom is -0.444 e. The zero-order valence-electron chi connectivity index (χ0n) is 10.9. The number of carbonyl (C=O) groups excluding carboxylic acids is 1. The highest BCUT2D eigenvalue weighted by Gasteiger charge is 2.17. The maximum atomic E-state index is 11.6. The lowest BCUT2D eigenvalue weighted by Gasteiger charge is -2.20. The van der Waals surface area contributed by atoms with Crippen LogP contribution in [0.15, 0.2) is 18.3 Å². The number of hydrogen-bond donors (Lipinski definition) is 1. The van der Waals surface area contributed by atoms with Crippen molar-refractivity contribution in [2.24, 2.45) is 0 Å². The SMILES string of the molecule is CCCc1ncccc1NC(=O)OC(C)(C)C. The summed E-state index contributed by atoms with van der Waals surface area (Å²) in [6.07, 6.45) is 3.11. The monoisotopic (exact) mass is 236 g/mol. The Morgan fingerprint density at radius 3 is 2.76 bits per heavy atom. The number of nitrogens with zero attached hydrogens (tertiary/aromatic N) is 1. The van der Waals surface area contributed by atoms with Gasteiger partial charge in [-0.15, -0.1) is 0 Å². The van der Waals surface area contributed by atoms with E-state index in [9.17, 15) is 4.79 Å². The van der Waals surface area contributed by atoms with E-state index in [4.69, 9.17) is 4.74 Å². The summed E-state index contributed by atoms with van der Waals surface area (Å²) in [6.45, 7) is 7.58. The van der Waals surface area contributed by atoms with E-state index in [0.29, 0.717) is 0 Å². The fraction of sp³-hybridized carbons (Fsp3) is 0.538. The second-order valence-electron chi connectivity index (χ2n) is 4.87. The average Bonchev–Trinajstić information content (AvgIpc) is 2.18. The van der Waals surface area contributed by atoms with Crippen LogP contribution in [0, 0.1) is 0 Å². The quantitative estimate of drug-likeness (QED) is 0.875. The number of aryl methyl sites for hydroxylation is 1. The molecular formula is C13H20N2O2. The number of pyridine rings is 1. The molecule has 94 valence electrons. The van der Waals surface area contributed by atoms with Crippen LogP contribution in [0.4, 0.5) is 10.5 Å². The molecule has 0 spiro atoms. The molecule has 0 atom stereocenters. The Labute approximate surface area is 102 Å². The molecule has 0 bridgehead atoms. The van der Waals surface area contributed by atoms with Gasteiger partial charge in [-0.2, -0.15) is 0 Å². The maximum Gasteiger partial charge on any atom is 0.412 e. The van der Waals surface area contributed by atoms with Gasteiger partial charge >= 0.3 is 6.09 Å². The van der Waals surface area contributed by atoms with Gasteiger partial charge in [0.05, 0.1) is 11.4 Å². The average molecular weight is 236 g/mol. The van der Waals surface area contributed by atoms with Crippen LogP contribution in [0.5, 0.6) is 0 Å². The third kappa shape index (κ3) is 4.85. The molecule has 4 nitrogen and oxygen atoms in total. The van der Waals surface area contributed by atoms with Crippen LogP contribution >= 0.6 is 0 Å². The summed E-state index contributed by atoms with van der Waals surface area (Å²) in [6, 6.07) is 3.63. The molecule has 1 amide bonds. The summed E-state index contributed by atoms with van der Waals surface area (Å²) in [5, 5.41) is 2.73. The van der Waals surface area contributed by atoms with Gasteiger partial charge in [0.1, 0.15) is 5.60 Å². The number of rotatable bonds is 3. The Balaban J connectivity index is 2.71. The first kappa shape index (κ1) is 13.5. The van der Waals surface area contributed by atoms with Crippen molar-refractivity contribution in [3.05, 3.63) is 24.0 Å². The van der Waals surface area contributed by atoms with E-state index in [1.165, 1.54) is 0 Å². The lowest BCUT2D eigenvalue weighted by atomic mass is 10.2. The molecule has 1 aromatic rings. The van der Waals surface area contributed by atoms with E-state index in [1.54, 1.807) is 12.3 Å². The van der Waals surface area contributed by atoms with Crippen molar-refractivity contribution in [1.29, 1.82) is 0 Å². The molecule has 4 heteroatoms. The van der Waals surface area contributed by atoms with Gasteiger partial charge in [-0.1, -0.05) is 13.3 Å². The first-order valence-electron chi connectivity index (χ1n) is 5.86. The van der Waals surface area contributed by atoms with Gasteiger partial charge in [0.2, 0.25) is 0 Å². The first-order chi connectivity index (χ1) is 7.92. The van der Waals surface area contributed by atoms with Crippen LogP contribution < -0.4 is 5.32 Å². The third-order valence-electron chi connectivity index (χ3n) is 2.01. The molecule has 0 saturated heterocycles. The number of hydrogen-bond acceptors (Lipinski definition) is 3. The van der Waals surface area contributed by atoms with Gasteiger partial charge in [0, 0.05) is 6.20 Å². The Morgan fingerprint density at radius 2 is 2.18 bits per heavy atom. The minimum atomic E-state index is -0.489. The summed E-state index contributed by atoms with van der Waals surface area (Å²) in [5.41, 5.74) is 1.13. The maximum absolute atomic E-state index is 11.6. The van der Waals surface area contributed by atoms with Crippen molar-refractivity contribution in [1.82, 2.24) is 4.98 Å². The molecule has 0 aliphatic carbocycles. The van der Waals surface area contributed by atoms with Gasteiger partial charge in [0.25, 0.3) is 0 Å². The predicted octanol–water partition coefficient (Wildman–Crippen LogP) is 3.38. The lowest BCUT2D eigenvalue weighted by molar-refractivity contribution is 0.0635. The Kier molecular flexibility index (Phi) is 4.49. The van der Waals surface area contributed by atoms with E-state index in [-0.39, 0.29) is 0 Å². The summed E-state index contributed by atoms with van der Waals surface area (Å²) in [5.74, 6) is 0. The standard InChI is InChI=1S/C13H20N2O2/c1-5-7-10-11(8-6-9-14-10)15-12(16)17-13(2,3)4/h6,8-9H,5,7H2,1-4H3,(H,15,16). The summed E-state index contributed by atoms with van der Waals surface area (Å²) < 4.78 is 5.20. The van der Waals surface area contributed by atoms with Crippen LogP contribution in [0.1, 0.15) is 39.8 Å². The molecule has 1 aromatic heterocycles. The molecule has 0 saturated carbocycles. The van der Waals surface area contributed by atoms with Crippen molar-refractivity contribution in [2.45, 2.75) is 46.1 Å². The summed E-state index contributed by atoms with van der Waals surface area (Å²) >= 11 is 0. The Morgan fingerprint density at radius 1 is 1.47 bits per heavy atom. The molecule has 1 rings (SSSR count). The van der Waals surface area contributed by atoms with Crippen molar-refractivity contribution < 1.29 is 9.53 Å². The van der Waals surface area contributed by atoms with Crippen LogP contribution in [-0.4, -0.2) is 16.7 Å². The summed E-state index contributed by atoms with van der Waals surface area (Å²) in [7, 11) is 0. The third-order valence-corrected chi connectivity index (χ3v) is 2.01. The van der Waals surface area contributed by atoms with Crippen LogP contribution in [0.3, 0.4) is 0 Å². The lowest BCUT2D eigenvalue weighted by Crippen LogP contribution is -2.27. The van der Waals surface area contributed by atoms with Crippen molar-refractivity contribution in [3.8, 4) is 0 Å². The number of nitrogens with one attached hydrogen (secondary N) is 1. The number of aromatic nitrogens is 1. The van der Waals surface area contributed by atoms with Crippen LogP contribution in [0.25, 0.3) is 0 Å².